The largest absolute Gasteiger partial charge is 0.379 e. The number of para-hydroxylation sites is 1. The standard InChI is InChI=1S/C19H21N7O3/c27-26(28)17-18(21-7-8-25-9-11-29-12-10-25)22-13-23-19(17)24-15-5-1-3-14-4-2-6-20-16(14)15/h1-6,13H,7-12H2,(H2,21,22,23,24). The Morgan fingerprint density at radius 1 is 1.10 bits per heavy atom. The lowest BCUT2D eigenvalue weighted by molar-refractivity contribution is -0.383. The maximum atomic E-state index is 11.8. The molecule has 0 saturated carbocycles. The lowest BCUT2D eigenvalue weighted by atomic mass is 10.2. The van der Waals surface area contributed by atoms with E-state index in [1.54, 1.807) is 6.20 Å². The number of benzene rings is 1. The van der Waals surface area contributed by atoms with Crippen LogP contribution in [0.25, 0.3) is 10.9 Å². The zero-order chi connectivity index (χ0) is 20.1. The van der Waals surface area contributed by atoms with Crippen LogP contribution in [0.3, 0.4) is 0 Å². The van der Waals surface area contributed by atoms with Crippen LogP contribution < -0.4 is 10.6 Å². The summed E-state index contributed by atoms with van der Waals surface area (Å²) in [6.07, 6.45) is 2.99. The monoisotopic (exact) mass is 395 g/mol. The number of fused-ring (bicyclic) bond motifs is 1. The van der Waals surface area contributed by atoms with E-state index in [9.17, 15) is 10.1 Å². The summed E-state index contributed by atoms with van der Waals surface area (Å²) in [6, 6.07) is 9.38. The molecule has 0 radical (unpaired) electrons. The van der Waals surface area contributed by atoms with Crippen molar-refractivity contribution in [3.63, 3.8) is 0 Å². The zero-order valence-electron chi connectivity index (χ0n) is 15.7. The van der Waals surface area contributed by atoms with Crippen LogP contribution in [-0.4, -0.2) is 64.2 Å². The van der Waals surface area contributed by atoms with Crippen LogP contribution >= 0.6 is 0 Å². The van der Waals surface area contributed by atoms with Gasteiger partial charge in [-0.25, -0.2) is 9.97 Å². The number of nitro groups is 1. The molecular weight excluding hydrogens is 374 g/mol. The number of hydrogen-bond acceptors (Lipinski definition) is 9. The van der Waals surface area contributed by atoms with Gasteiger partial charge in [0.2, 0.25) is 11.6 Å². The number of nitrogens with one attached hydrogen (secondary N) is 2. The molecule has 0 amide bonds. The predicted molar refractivity (Wildman–Crippen MR) is 109 cm³/mol. The van der Waals surface area contributed by atoms with Crippen molar-refractivity contribution in [3.05, 3.63) is 53.0 Å². The fraction of sp³-hybridized carbons (Fsp3) is 0.316. The van der Waals surface area contributed by atoms with E-state index in [4.69, 9.17) is 4.74 Å². The Morgan fingerprint density at radius 2 is 1.90 bits per heavy atom. The van der Waals surface area contributed by atoms with Gasteiger partial charge in [-0.15, -0.1) is 0 Å². The Balaban J connectivity index is 1.55. The summed E-state index contributed by atoms with van der Waals surface area (Å²) >= 11 is 0. The smallest absolute Gasteiger partial charge is 0.353 e. The summed E-state index contributed by atoms with van der Waals surface area (Å²) in [5.74, 6) is 0.311. The molecule has 0 atom stereocenters. The van der Waals surface area contributed by atoms with E-state index >= 15 is 0 Å². The quantitative estimate of drug-likeness (QED) is 0.459. The normalized spacial score (nSPS) is 14.6. The topological polar surface area (TPSA) is 118 Å². The first-order valence-corrected chi connectivity index (χ1v) is 9.36. The predicted octanol–water partition coefficient (Wildman–Crippen LogP) is 2.42. The molecular formula is C19H21N7O3. The highest BCUT2D eigenvalue weighted by molar-refractivity contribution is 5.92. The lowest BCUT2D eigenvalue weighted by Crippen LogP contribution is -2.39. The number of hydrogen-bond donors (Lipinski definition) is 2. The fourth-order valence-electron chi connectivity index (χ4n) is 3.26. The molecule has 1 fully saturated rings. The SMILES string of the molecule is O=[N+]([O-])c1c(NCCN2CCOCC2)ncnc1Nc1cccc2cccnc12. The van der Waals surface area contributed by atoms with Crippen molar-refractivity contribution in [2.45, 2.75) is 0 Å². The first-order valence-electron chi connectivity index (χ1n) is 9.36. The summed E-state index contributed by atoms with van der Waals surface area (Å²) in [5, 5.41) is 18.8. The van der Waals surface area contributed by atoms with Gasteiger partial charge in [0, 0.05) is 37.8 Å². The molecule has 10 nitrogen and oxygen atoms in total. The highest BCUT2D eigenvalue weighted by Crippen LogP contribution is 2.32. The van der Waals surface area contributed by atoms with E-state index in [1.807, 2.05) is 30.3 Å². The van der Waals surface area contributed by atoms with Gasteiger partial charge in [-0.3, -0.25) is 20.0 Å². The van der Waals surface area contributed by atoms with E-state index in [0.717, 1.165) is 25.0 Å². The number of anilines is 3. The van der Waals surface area contributed by atoms with Crippen molar-refractivity contribution in [1.29, 1.82) is 0 Å². The summed E-state index contributed by atoms with van der Waals surface area (Å²) < 4.78 is 5.33. The molecule has 150 valence electrons. The number of ether oxygens (including phenoxy) is 1. The number of rotatable bonds is 7. The van der Waals surface area contributed by atoms with Gasteiger partial charge in [0.25, 0.3) is 0 Å². The minimum absolute atomic E-state index is 0.122. The van der Waals surface area contributed by atoms with Crippen LogP contribution in [0.15, 0.2) is 42.9 Å². The molecule has 3 aromatic rings. The summed E-state index contributed by atoms with van der Waals surface area (Å²) in [6.45, 7) is 4.41. The van der Waals surface area contributed by atoms with Crippen LogP contribution in [0.5, 0.6) is 0 Å². The zero-order valence-corrected chi connectivity index (χ0v) is 15.7. The van der Waals surface area contributed by atoms with Gasteiger partial charge in [-0.2, -0.15) is 0 Å². The van der Waals surface area contributed by atoms with E-state index in [0.29, 0.717) is 31.0 Å². The van der Waals surface area contributed by atoms with Crippen LogP contribution in [-0.2, 0) is 4.74 Å². The molecule has 2 aromatic heterocycles. The highest BCUT2D eigenvalue weighted by Gasteiger charge is 2.23. The Bertz CT molecular complexity index is 1000. The van der Waals surface area contributed by atoms with Crippen LogP contribution in [0.1, 0.15) is 0 Å². The Labute approximate surface area is 167 Å². The average Bonchev–Trinajstić information content (AvgIpc) is 2.75. The molecule has 1 saturated heterocycles. The lowest BCUT2D eigenvalue weighted by Gasteiger charge is -2.26. The van der Waals surface area contributed by atoms with E-state index in [1.165, 1.54) is 6.33 Å². The summed E-state index contributed by atoms with van der Waals surface area (Å²) in [7, 11) is 0. The van der Waals surface area contributed by atoms with Crippen LogP contribution in [0.2, 0.25) is 0 Å². The maximum absolute atomic E-state index is 11.8. The number of aromatic nitrogens is 3. The Kier molecular flexibility index (Phi) is 5.73. The molecule has 3 heterocycles. The van der Waals surface area contributed by atoms with Gasteiger partial charge < -0.3 is 15.4 Å². The number of nitrogens with zero attached hydrogens (tertiary/aromatic N) is 5. The molecule has 29 heavy (non-hydrogen) atoms. The molecule has 1 aliphatic rings. The van der Waals surface area contributed by atoms with Gasteiger partial charge in [0.1, 0.15) is 6.33 Å². The molecule has 1 aromatic carbocycles. The third-order valence-electron chi connectivity index (χ3n) is 4.71. The highest BCUT2D eigenvalue weighted by atomic mass is 16.6. The van der Waals surface area contributed by atoms with Gasteiger partial charge >= 0.3 is 5.69 Å². The summed E-state index contributed by atoms with van der Waals surface area (Å²) in [5.41, 5.74) is 1.16. The summed E-state index contributed by atoms with van der Waals surface area (Å²) in [4.78, 5) is 26.1. The van der Waals surface area contributed by atoms with Crippen molar-refractivity contribution in [1.82, 2.24) is 19.9 Å². The van der Waals surface area contributed by atoms with Crippen molar-refractivity contribution < 1.29 is 9.66 Å². The van der Waals surface area contributed by atoms with Gasteiger partial charge in [-0.05, 0) is 12.1 Å². The Hall–Kier alpha value is -3.37. The second-order valence-corrected chi connectivity index (χ2v) is 6.56. The second kappa shape index (κ2) is 8.76. The molecule has 0 spiro atoms. The van der Waals surface area contributed by atoms with E-state index in [2.05, 4.69) is 30.5 Å². The molecule has 4 rings (SSSR count). The molecule has 2 N–H and O–H groups in total. The fourth-order valence-corrected chi connectivity index (χ4v) is 3.26. The first-order chi connectivity index (χ1) is 14.2. The average molecular weight is 395 g/mol. The van der Waals surface area contributed by atoms with Gasteiger partial charge in [-0.1, -0.05) is 18.2 Å². The van der Waals surface area contributed by atoms with Crippen molar-refractivity contribution in [2.75, 3.05) is 50.0 Å². The van der Waals surface area contributed by atoms with Crippen molar-refractivity contribution in [3.8, 4) is 0 Å². The minimum atomic E-state index is -0.474. The molecule has 0 aliphatic carbocycles. The van der Waals surface area contributed by atoms with Crippen LogP contribution in [0, 0.1) is 10.1 Å². The molecule has 1 aliphatic heterocycles. The Morgan fingerprint density at radius 3 is 2.72 bits per heavy atom. The minimum Gasteiger partial charge on any atom is -0.379 e. The van der Waals surface area contributed by atoms with Crippen molar-refractivity contribution >= 4 is 33.9 Å². The first kappa shape index (κ1) is 19.0. The van der Waals surface area contributed by atoms with Crippen molar-refractivity contribution in [2.24, 2.45) is 0 Å². The molecule has 0 unspecified atom stereocenters. The van der Waals surface area contributed by atoms with Gasteiger partial charge in [0.15, 0.2) is 0 Å². The second-order valence-electron chi connectivity index (χ2n) is 6.56. The number of morpholine rings is 1. The van der Waals surface area contributed by atoms with Crippen LogP contribution in [0.4, 0.5) is 23.0 Å². The third kappa shape index (κ3) is 4.39. The van der Waals surface area contributed by atoms with Gasteiger partial charge in [0.05, 0.1) is 29.3 Å². The molecule has 10 heteroatoms. The molecule has 0 bridgehead atoms. The number of pyridine rings is 1. The third-order valence-corrected chi connectivity index (χ3v) is 4.71. The maximum Gasteiger partial charge on any atom is 0.353 e. The van der Waals surface area contributed by atoms with E-state index < -0.39 is 4.92 Å². The van der Waals surface area contributed by atoms with E-state index in [-0.39, 0.29) is 17.3 Å².